The maximum atomic E-state index is 12.8. The number of aromatic nitrogens is 1. The van der Waals surface area contributed by atoms with Crippen LogP contribution in [0.5, 0.6) is 0 Å². The molecule has 1 heterocycles. The number of hydrogen-bond acceptors (Lipinski definition) is 5. The van der Waals surface area contributed by atoms with E-state index in [0.717, 1.165) is 42.6 Å². The van der Waals surface area contributed by atoms with Crippen LogP contribution in [0.3, 0.4) is 0 Å². The molecule has 0 unspecified atom stereocenters. The molecule has 0 spiro atoms. The van der Waals surface area contributed by atoms with E-state index in [2.05, 4.69) is 27.8 Å². The van der Waals surface area contributed by atoms with Crippen molar-refractivity contribution in [1.82, 2.24) is 10.3 Å². The fourth-order valence-electron chi connectivity index (χ4n) is 4.64. The summed E-state index contributed by atoms with van der Waals surface area (Å²) in [5.74, 6) is 0.416. The molecule has 198 valence electrons. The Morgan fingerprint density at radius 1 is 1.00 bits per heavy atom. The summed E-state index contributed by atoms with van der Waals surface area (Å²) in [5.41, 5.74) is 2.11. The van der Waals surface area contributed by atoms with Crippen LogP contribution in [-0.4, -0.2) is 36.1 Å². The molecule has 1 aromatic heterocycles. The standard InChI is InChI=1S/C30H31Cl2N3O3/c1-38-30(37)26(35-29(36)28-24(31)5-4-6-25(28)32)19-22-12-10-20(11-13-22)8-9-21-14-16-23(17-15-21)34-27-7-2-3-18-33-27/h2-13,18,21,23,26H,14-17,19H2,1H3,(H,33,34)(H,35,36)/b9-8+/t21-,23+,26-/m0/s1. The molecule has 6 nitrogen and oxygen atoms in total. The second-order valence-corrected chi connectivity index (χ2v) is 10.2. The summed E-state index contributed by atoms with van der Waals surface area (Å²) in [7, 11) is 1.29. The number of rotatable bonds is 9. The number of esters is 1. The van der Waals surface area contributed by atoms with Crippen molar-refractivity contribution in [2.45, 2.75) is 44.2 Å². The van der Waals surface area contributed by atoms with Gasteiger partial charge < -0.3 is 15.4 Å². The fraction of sp³-hybridized carbons (Fsp3) is 0.300. The van der Waals surface area contributed by atoms with Gasteiger partial charge in [-0.15, -0.1) is 0 Å². The Bertz CT molecular complexity index is 1240. The number of nitrogens with zero attached hydrogens (tertiary/aromatic N) is 1. The molecular formula is C30H31Cl2N3O3. The van der Waals surface area contributed by atoms with E-state index in [4.69, 9.17) is 27.9 Å². The van der Waals surface area contributed by atoms with Crippen molar-refractivity contribution in [2.24, 2.45) is 5.92 Å². The SMILES string of the molecule is COC(=O)[C@H](Cc1ccc(/C=C/[C@H]2CC[C@@H](Nc3ccccn3)CC2)cc1)NC(=O)c1c(Cl)cccc1Cl. The predicted octanol–water partition coefficient (Wildman–Crippen LogP) is 6.59. The van der Waals surface area contributed by atoms with Gasteiger partial charge in [-0.2, -0.15) is 0 Å². The molecule has 1 amide bonds. The number of carbonyl (C=O) groups is 2. The van der Waals surface area contributed by atoms with Crippen molar-refractivity contribution < 1.29 is 14.3 Å². The Morgan fingerprint density at radius 3 is 2.34 bits per heavy atom. The summed E-state index contributed by atoms with van der Waals surface area (Å²) in [6.07, 6.45) is 11.0. The maximum absolute atomic E-state index is 12.8. The van der Waals surface area contributed by atoms with E-state index in [-0.39, 0.29) is 22.0 Å². The van der Waals surface area contributed by atoms with Crippen LogP contribution < -0.4 is 10.6 Å². The summed E-state index contributed by atoms with van der Waals surface area (Å²) in [6, 6.07) is 18.3. The molecule has 8 heteroatoms. The highest BCUT2D eigenvalue weighted by molar-refractivity contribution is 6.39. The van der Waals surface area contributed by atoms with Gasteiger partial charge in [0, 0.05) is 18.7 Å². The van der Waals surface area contributed by atoms with Crippen LogP contribution in [0.15, 0.2) is 72.9 Å². The van der Waals surface area contributed by atoms with Crippen molar-refractivity contribution >= 4 is 47.0 Å². The van der Waals surface area contributed by atoms with Crippen molar-refractivity contribution in [3.8, 4) is 0 Å². The summed E-state index contributed by atoms with van der Waals surface area (Å²) in [6.45, 7) is 0. The van der Waals surface area contributed by atoms with Crippen LogP contribution in [-0.2, 0) is 16.0 Å². The van der Waals surface area contributed by atoms with Gasteiger partial charge in [0.15, 0.2) is 0 Å². The van der Waals surface area contributed by atoms with E-state index in [0.29, 0.717) is 12.0 Å². The van der Waals surface area contributed by atoms with Gasteiger partial charge in [0.25, 0.3) is 5.91 Å². The summed E-state index contributed by atoms with van der Waals surface area (Å²) in [4.78, 5) is 29.6. The molecular weight excluding hydrogens is 521 g/mol. The molecule has 1 fully saturated rings. The van der Waals surface area contributed by atoms with Crippen LogP contribution >= 0.6 is 23.2 Å². The smallest absolute Gasteiger partial charge is 0.328 e. The van der Waals surface area contributed by atoms with Crippen LogP contribution in [0, 0.1) is 5.92 Å². The second kappa shape index (κ2) is 13.4. The fourth-order valence-corrected chi connectivity index (χ4v) is 5.21. The first-order valence-electron chi connectivity index (χ1n) is 12.7. The van der Waals surface area contributed by atoms with Gasteiger partial charge in [-0.25, -0.2) is 9.78 Å². The summed E-state index contributed by atoms with van der Waals surface area (Å²) >= 11 is 12.3. The van der Waals surface area contributed by atoms with Gasteiger partial charge in [-0.05, 0) is 67.0 Å². The third kappa shape index (κ3) is 7.59. The van der Waals surface area contributed by atoms with E-state index in [1.807, 2.05) is 48.7 Å². The minimum absolute atomic E-state index is 0.131. The van der Waals surface area contributed by atoms with Gasteiger partial charge in [-0.3, -0.25) is 4.79 Å². The Hall–Kier alpha value is -3.35. The molecule has 2 aromatic carbocycles. The molecule has 3 aromatic rings. The molecule has 0 aliphatic heterocycles. The van der Waals surface area contributed by atoms with E-state index in [9.17, 15) is 9.59 Å². The maximum Gasteiger partial charge on any atom is 0.328 e. The third-order valence-corrected chi connectivity index (χ3v) is 7.38. The Balaban J connectivity index is 1.31. The third-order valence-electron chi connectivity index (χ3n) is 6.75. The lowest BCUT2D eigenvalue weighted by atomic mass is 9.85. The van der Waals surface area contributed by atoms with Crippen LogP contribution in [0.2, 0.25) is 10.0 Å². The lowest BCUT2D eigenvalue weighted by Gasteiger charge is -2.27. The Labute approximate surface area is 233 Å². The van der Waals surface area contributed by atoms with Gasteiger partial charge in [0.05, 0.1) is 22.7 Å². The average molecular weight is 553 g/mol. The number of carbonyl (C=O) groups excluding carboxylic acids is 2. The molecule has 0 saturated heterocycles. The molecule has 1 aliphatic carbocycles. The largest absolute Gasteiger partial charge is 0.467 e. The highest BCUT2D eigenvalue weighted by atomic mass is 35.5. The molecule has 38 heavy (non-hydrogen) atoms. The lowest BCUT2D eigenvalue weighted by Crippen LogP contribution is -2.43. The zero-order chi connectivity index (χ0) is 26.9. The number of allylic oxidation sites excluding steroid dienone is 1. The summed E-state index contributed by atoms with van der Waals surface area (Å²) < 4.78 is 4.91. The normalized spacial score (nSPS) is 18.1. The van der Waals surface area contributed by atoms with Gasteiger partial charge in [-0.1, -0.05) is 71.8 Å². The van der Waals surface area contributed by atoms with Crippen LogP contribution in [0.1, 0.15) is 47.2 Å². The minimum Gasteiger partial charge on any atom is -0.467 e. The summed E-state index contributed by atoms with van der Waals surface area (Å²) in [5, 5.41) is 6.67. The van der Waals surface area contributed by atoms with Crippen molar-refractivity contribution in [1.29, 1.82) is 0 Å². The number of amides is 1. The first kappa shape index (κ1) is 27.7. The van der Waals surface area contributed by atoms with Gasteiger partial charge in [0.1, 0.15) is 11.9 Å². The van der Waals surface area contributed by atoms with Gasteiger partial charge >= 0.3 is 5.97 Å². The number of ether oxygens (including phenoxy) is 1. The van der Waals surface area contributed by atoms with Crippen molar-refractivity contribution in [3.05, 3.63) is 99.7 Å². The van der Waals surface area contributed by atoms with E-state index in [1.165, 1.54) is 7.11 Å². The monoisotopic (exact) mass is 551 g/mol. The Kier molecular flexibility index (Phi) is 9.79. The Morgan fingerprint density at radius 2 is 1.71 bits per heavy atom. The first-order valence-corrected chi connectivity index (χ1v) is 13.5. The van der Waals surface area contributed by atoms with Gasteiger partial charge in [0.2, 0.25) is 0 Å². The minimum atomic E-state index is -0.879. The van der Waals surface area contributed by atoms with Crippen molar-refractivity contribution in [2.75, 3.05) is 12.4 Å². The highest BCUT2D eigenvalue weighted by Gasteiger charge is 2.25. The van der Waals surface area contributed by atoms with E-state index < -0.39 is 17.9 Å². The number of pyridine rings is 1. The molecule has 2 N–H and O–H groups in total. The first-order chi connectivity index (χ1) is 18.4. The van der Waals surface area contributed by atoms with E-state index >= 15 is 0 Å². The molecule has 4 rings (SSSR count). The number of anilines is 1. The number of benzene rings is 2. The molecule has 0 bridgehead atoms. The predicted molar refractivity (Wildman–Crippen MR) is 153 cm³/mol. The molecule has 1 atom stereocenters. The number of hydrogen-bond donors (Lipinski definition) is 2. The zero-order valence-corrected chi connectivity index (χ0v) is 22.7. The molecule has 1 saturated carbocycles. The highest BCUT2D eigenvalue weighted by Crippen LogP contribution is 2.28. The zero-order valence-electron chi connectivity index (χ0n) is 21.2. The van der Waals surface area contributed by atoms with Crippen LogP contribution in [0.4, 0.5) is 5.82 Å². The number of methoxy groups -OCH3 is 1. The molecule has 0 radical (unpaired) electrons. The molecule has 1 aliphatic rings. The lowest BCUT2D eigenvalue weighted by molar-refractivity contribution is -0.142. The van der Waals surface area contributed by atoms with E-state index in [1.54, 1.807) is 18.2 Å². The van der Waals surface area contributed by atoms with Crippen molar-refractivity contribution in [3.63, 3.8) is 0 Å². The number of nitrogens with one attached hydrogen (secondary N) is 2. The van der Waals surface area contributed by atoms with Crippen LogP contribution in [0.25, 0.3) is 6.08 Å². The number of halogens is 2. The topological polar surface area (TPSA) is 80.3 Å². The quantitative estimate of drug-likeness (QED) is 0.293. The average Bonchev–Trinajstić information content (AvgIpc) is 2.93. The second-order valence-electron chi connectivity index (χ2n) is 9.42.